The topological polar surface area (TPSA) is 20.2 Å². The minimum absolute atomic E-state index is 0.180. The zero-order valence-electron chi connectivity index (χ0n) is 6.71. The minimum Gasteiger partial charge on any atom is -0.390 e. The SMILES string of the molecule is OC12CC3CC4CC4(C1)C3C2. The molecule has 5 unspecified atom stereocenters. The van der Waals surface area contributed by atoms with Crippen LogP contribution in [-0.2, 0) is 0 Å². The van der Waals surface area contributed by atoms with E-state index in [-0.39, 0.29) is 5.60 Å². The molecule has 5 atom stereocenters. The van der Waals surface area contributed by atoms with Crippen LogP contribution in [-0.4, -0.2) is 10.7 Å². The van der Waals surface area contributed by atoms with Crippen LogP contribution in [0.1, 0.15) is 32.1 Å². The van der Waals surface area contributed by atoms with E-state index in [1.807, 2.05) is 0 Å². The standard InChI is InChI=1S/C10H14O/c11-9-2-6-1-7-3-10(7,5-9)8(6)4-9/h6-8,11H,1-5H2. The molecule has 0 aromatic rings. The molecule has 4 rings (SSSR count). The Balaban J connectivity index is 1.92. The van der Waals surface area contributed by atoms with E-state index in [2.05, 4.69) is 0 Å². The fourth-order valence-corrected chi connectivity index (χ4v) is 4.85. The van der Waals surface area contributed by atoms with Crippen LogP contribution >= 0.6 is 0 Å². The molecule has 1 spiro atoms. The molecule has 11 heavy (non-hydrogen) atoms. The lowest BCUT2D eigenvalue weighted by atomic mass is 9.81. The first-order valence-electron chi connectivity index (χ1n) is 4.94. The van der Waals surface area contributed by atoms with E-state index in [9.17, 15) is 5.11 Å². The summed E-state index contributed by atoms with van der Waals surface area (Å²) >= 11 is 0. The highest BCUT2D eigenvalue weighted by molar-refractivity contribution is 5.25. The molecule has 0 heterocycles. The number of rotatable bonds is 0. The fraction of sp³-hybridized carbons (Fsp3) is 1.00. The van der Waals surface area contributed by atoms with Crippen molar-refractivity contribution in [2.45, 2.75) is 37.7 Å². The number of fused-ring (bicyclic) bond motifs is 1. The Bertz CT molecular complexity index is 249. The van der Waals surface area contributed by atoms with Gasteiger partial charge in [0, 0.05) is 0 Å². The van der Waals surface area contributed by atoms with E-state index < -0.39 is 0 Å². The van der Waals surface area contributed by atoms with Gasteiger partial charge in [-0.25, -0.2) is 0 Å². The fourth-order valence-electron chi connectivity index (χ4n) is 4.85. The van der Waals surface area contributed by atoms with Crippen molar-refractivity contribution in [2.24, 2.45) is 23.2 Å². The lowest BCUT2D eigenvalue weighted by Crippen LogP contribution is -2.26. The van der Waals surface area contributed by atoms with Crippen LogP contribution in [0.3, 0.4) is 0 Å². The molecule has 4 aliphatic carbocycles. The van der Waals surface area contributed by atoms with Gasteiger partial charge >= 0.3 is 0 Å². The van der Waals surface area contributed by atoms with Crippen molar-refractivity contribution in [1.29, 1.82) is 0 Å². The van der Waals surface area contributed by atoms with Gasteiger partial charge in [-0.3, -0.25) is 0 Å². The van der Waals surface area contributed by atoms with Gasteiger partial charge in [0.2, 0.25) is 0 Å². The highest BCUT2D eigenvalue weighted by Crippen LogP contribution is 2.81. The van der Waals surface area contributed by atoms with Gasteiger partial charge < -0.3 is 5.11 Å². The molecule has 0 aliphatic heterocycles. The molecular formula is C10H14O. The summed E-state index contributed by atoms with van der Waals surface area (Å²) in [6, 6.07) is 0. The number of hydrogen-bond acceptors (Lipinski definition) is 1. The normalized spacial score (nSPS) is 75.5. The number of aliphatic hydroxyl groups is 1. The van der Waals surface area contributed by atoms with Crippen molar-refractivity contribution in [1.82, 2.24) is 0 Å². The van der Waals surface area contributed by atoms with E-state index in [1.54, 1.807) is 0 Å². The molecule has 2 bridgehead atoms. The molecule has 1 nitrogen and oxygen atoms in total. The summed E-state index contributed by atoms with van der Waals surface area (Å²) < 4.78 is 0. The van der Waals surface area contributed by atoms with Crippen molar-refractivity contribution in [2.75, 3.05) is 0 Å². The van der Waals surface area contributed by atoms with Crippen LogP contribution < -0.4 is 0 Å². The molecule has 0 amide bonds. The first-order chi connectivity index (χ1) is 5.22. The average Bonchev–Trinajstić information content (AvgIpc) is 2.26. The summed E-state index contributed by atoms with van der Waals surface area (Å²) in [6.07, 6.45) is 6.42. The maximum atomic E-state index is 10.1. The highest BCUT2D eigenvalue weighted by atomic mass is 16.3. The second-order valence-electron chi connectivity index (χ2n) is 5.55. The zero-order chi connectivity index (χ0) is 7.27. The summed E-state index contributed by atoms with van der Waals surface area (Å²) in [4.78, 5) is 0. The molecule has 1 N–H and O–H groups in total. The van der Waals surface area contributed by atoms with Crippen LogP contribution in [0.5, 0.6) is 0 Å². The Morgan fingerprint density at radius 3 is 2.73 bits per heavy atom. The Kier molecular flexibility index (Phi) is 0.602. The minimum atomic E-state index is -0.180. The van der Waals surface area contributed by atoms with Crippen LogP contribution in [0.4, 0.5) is 0 Å². The third-order valence-electron chi connectivity index (χ3n) is 5.07. The lowest BCUT2D eigenvalue weighted by molar-refractivity contribution is 0.0329. The van der Waals surface area contributed by atoms with Crippen molar-refractivity contribution < 1.29 is 5.11 Å². The van der Waals surface area contributed by atoms with Gasteiger partial charge in [-0.1, -0.05) is 0 Å². The second-order valence-corrected chi connectivity index (χ2v) is 5.55. The Hall–Kier alpha value is -0.0400. The van der Waals surface area contributed by atoms with Crippen molar-refractivity contribution >= 4 is 0 Å². The molecule has 4 aliphatic rings. The molecule has 4 saturated carbocycles. The molecule has 0 saturated heterocycles. The van der Waals surface area contributed by atoms with Crippen molar-refractivity contribution in [3.8, 4) is 0 Å². The van der Waals surface area contributed by atoms with E-state index in [4.69, 9.17) is 0 Å². The summed E-state index contributed by atoms with van der Waals surface area (Å²) in [5.74, 6) is 2.94. The monoisotopic (exact) mass is 150 g/mol. The largest absolute Gasteiger partial charge is 0.390 e. The zero-order valence-corrected chi connectivity index (χ0v) is 6.71. The van der Waals surface area contributed by atoms with Gasteiger partial charge in [-0.2, -0.15) is 0 Å². The molecule has 0 radical (unpaired) electrons. The van der Waals surface area contributed by atoms with Crippen LogP contribution in [0.25, 0.3) is 0 Å². The molecule has 60 valence electrons. The maximum Gasteiger partial charge on any atom is 0.0659 e. The van der Waals surface area contributed by atoms with Crippen LogP contribution in [0.2, 0.25) is 0 Å². The van der Waals surface area contributed by atoms with Crippen molar-refractivity contribution in [3.63, 3.8) is 0 Å². The second kappa shape index (κ2) is 1.19. The smallest absolute Gasteiger partial charge is 0.0659 e. The quantitative estimate of drug-likeness (QED) is 0.555. The van der Waals surface area contributed by atoms with E-state index in [1.165, 1.54) is 19.3 Å². The molecule has 1 heteroatoms. The van der Waals surface area contributed by atoms with Gasteiger partial charge in [-0.15, -0.1) is 0 Å². The van der Waals surface area contributed by atoms with Crippen LogP contribution in [0.15, 0.2) is 0 Å². The first-order valence-corrected chi connectivity index (χ1v) is 4.94. The molecule has 4 fully saturated rings. The average molecular weight is 150 g/mol. The first kappa shape index (κ1) is 5.58. The van der Waals surface area contributed by atoms with Gasteiger partial charge in [0.05, 0.1) is 5.60 Å². The van der Waals surface area contributed by atoms with E-state index in [0.29, 0.717) is 5.41 Å². The Morgan fingerprint density at radius 1 is 1.18 bits per heavy atom. The summed E-state index contributed by atoms with van der Waals surface area (Å²) in [5.41, 5.74) is 0.526. The third-order valence-corrected chi connectivity index (χ3v) is 5.07. The van der Waals surface area contributed by atoms with Gasteiger partial charge in [-0.05, 0) is 55.3 Å². The van der Waals surface area contributed by atoms with Gasteiger partial charge in [0.15, 0.2) is 0 Å². The van der Waals surface area contributed by atoms with Crippen molar-refractivity contribution in [3.05, 3.63) is 0 Å². The van der Waals surface area contributed by atoms with E-state index >= 15 is 0 Å². The predicted octanol–water partition coefficient (Wildman–Crippen LogP) is 1.56. The Morgan fingerprint density at radius 2 is 2.09 bits per heavy atom. The van der Waals surface area contributed by atoms with Gasteiger partial charge in [0.1, 0.15) is 0 Å². The van der Waals surface area contributed by atoms with Crippen LogP contribution in [0, 0.1) is 23.2 Å². The Labute approximate surface area is 66.8 Å². The summed E-state index contributed by atoms with van der Waals surface area (Å²) in [6.45, 7) is 0. The predicted molar refractivity (Wildman–Crippen MR) is 40.9 cm³/mol. The molecule has 0 aromatic carbocycles. The number of hydrogen-bond donors (Lipinski definition) is 1. The summed E-state index contributed by atoms with van der Waals surface area (Å²) in [5, 5.41) is 10.1. The van der Waals surface area contributed by atoms with Gasteiger partial charge in [0.25, 0.3) is 0 Å². The molecule has 0 aromatic heterocycles. The maximum absolute atomic E-state index is 10.1. The highest BCUT2D eigenvalue weighted by Gasteiger charge is 2.76. The molecular weight excluding hydrogens is 136 g/mol. The third kappa shape index (κ3) is 0.416. The van der Waals surface area contributed by atoms with E-state index in [0.717, 1.165) is 30.6 Å². The summed E-state index contributed by atoms with van der Waals surface area (Å²) in [7, 11) is 0. The lowest BCUT2D eigenvalue weighted by Gasteiger charge is -2.26.